The van der Waals surface area contributed by atoms with E-state index < -0.39 is 0 Å². The predicted octanol–water partition coefficient (Wildman–Crippen LogP) is 2.84. The Morgan fingerprint density at radius 1 is 1.36 bits per heavy atom. The van der Waals surface area contributed by atoms with Crippen LogP contribution in [0, 0.1) is 5.92 Å². The van der Waals surface area contributed by atoms with E-state index in [1.54, 1.807) is 12.5 Å². The molecule has 1 aromatic heterocycles. The number of nitrogens with zero attached hydrogens (tertiary/aromatic N) is 2. The fourth-order valence-electron chi connectivity index (χ4n) is 4.35. The van der Waals surface area contributed by atoms with Crippen molar-refractivity contribution in [2.75, 3.05) is 13.1 Å². The van der Waals surface area contributed by atoms with E-state index in [0.29, 0.717) is 5.92 Å². The Morgan fingerprint density at radius 3 is 3.00 bits per heavy atom. The molecule has 2 fully saturated rings. The largest absolute Gasteiger partial charge is 0.371 e. The van der Waals surface area contributed by atoms with Crippen molar-refractivity contribution in [3.63, 3.8) is 0 Å². The molecule has 3 heterocycles. The second kappa shape index (κ2) is 6.47. The maximum atomic E-state index is 4.40. The van der Waals surface area contributed by atoms with Gasteiger partial charge < -0.3 is 10.6 Å². The molecular weight excluding hydrogens is 308 g/mol. The molecule has 1 aliphatic carbocycles. The van der Waals surface area contributed by atoms with E-state index in [0.717, 1.165) is 37.3 Å². The third-order valence-corrected chi connectivity index (χ3v) is 5.68. The summed E-state index contributed by atoms with van der Waals surface area (Å²) >= 11 is 0. The average Bonchev–Trinajstić information content (AvgIpc) is 2.81. The van der Waals surface area contributed by atoms with Gasteiger partial charge in [0.2, 0.25) is 0 Å². The Hall–Kier alpha value is -2.42. The summed E-state index contributed by atoms with van der Waals surface area (Å²) < 4.78 is 0. The van der Waals surface area contributed by atoms with E-state index in [4.69, 9.17) is 0 Å². The molecular formula is C21H24N4. The molecule has 2 atom stereocenters. The smallest absolute Gasteiger partial charge is 0.115 e. The third kappa shape index (κ3) is 2.88. The summed E-state index contributed by atoms with van der Waals surface area (Å²) in [4.78, 5) is 8.36. The first-order valence-electron chi connectivity index (χ1n) is 8.95. The molecule has 3 aliphatic rings. The van der Waals surface area contributed by atoms with Gasteiger partial charge in [0.25, 0.3) is 0 Å². The van der Waals surface area contributed by atoms with Crippen LogP contribution in [0.1, 0.15) is 25.0 Å². The predicted molar refractivity (Wildman–Crippen MR) is 99.8 cm³/mol. The summed E-state index contributed by atoms with van der Waals surface area (Å²) in [5, 5.41) is 7.30. The number of nitrogens with one attached hydrogen (secondary N) is 2. The fourth-order valence-corrected chi connectivity index (χ4v) is 4.35. The van der Waals surface area contributed by atoms with Gasteiger partial charge >= 0.3 is 0 Å². The lowest BCUT2D eigenvalue weighted by Gasteiger charge is -2.39. The van der Waals surface area contributed by atoms with E-state index in [9.17, 15) is 0 Å². The standard InChI is InChI=1S/C21H24N4/c1-3-20-18-6-5-16(12-17-7-10-23-14-24-17)15(2)11-19(18)21(25-20)8-4-9-22-13-21/h5-7,10,14,19,22,25H,1-2,4,8-9,11-13H2/t19-,21?/m1/s1. The Morgan fingerprint density at radius 2 is 2.28 bits per heavy atom. The number of hydrogen-bond acceptors (Lipinski definition) is 4. The summed E-state index contributed by atoms with van der Waals surface area (Å²) in [5.41, 5.74) is 9.04. The van der Waals surface area contributed by atoms with Gasteiger partial charge in [-0.3, -0.25) is 0 Å². The maximum Gasteiger partial charge on any atom is 0.115 e. The molecule has 4 rings (SSSR count). The second-order valence-corrected chi connectivity index (χ2v) is 7.16. The normalized spacial score (nSPS) is 28.6. The van der Waals surface area contributed by atoms with Crippen molar-refractivity contribution in [1.82, 2.24) is 20.6 Å². The molecule has 0 saturated carbocycles. The number of allylic oxidation sites excluding steroid dienone is 5. The number of fused-ring (bicyclic) bond motifs is 2. The van der Waals surface area contributed by atoms with E-state index in [2.05, 4.69) is 51.6 Å². The van der Waals surface area contributed by atoms with Crippen LogP contribution in [0.3, 0.4) is 0 Å². The summed E-state index contributed by atoms with van der Waals surface area (Å²) in [6.45, 7) is 10.4. The van der Waals surface area contributed by atoms with Crippen LogP contribution in [0.25, 0.3) is 0 Å². The van der Waals surface area contributed by atoms with Gasteiger partial charge in [0.1, 0.15) is 6.33 Å². The lowest BCUT2D eigenvalue weighted by molar-refractivity contribution is 0.228. The van der Waals surface area contributed by atoms with E-state index in [1.807, 2.05) is 6.07 Å². The highest BCUT2D eigenvalue weighted by atomic mass is 15.1. The van der Waals surface area contributed by atoms with Crippen molar-refractivity contribution in [1.29, 1.82) is 0 Å². The number of hydrogen-bond donors (Lipinski definition) is 2. The third-order valence-electron chi connectivity index (χ3n) is 5.68. The molecule has 2 aliphatic heterocycles. The van der Waals surface area contributed by atoms with Gasteiger partial charge in [0, 0.05) is 30.8 Å². The highest BCUT2D eigenvalue weighted by Gasteiger charge is 2.48. The van der Waals surface area contributed by atoms with E-state index in [-0.39, 0.29) is 5.54 Å². The first kappa shape index (κ1) is 16.1. The van der Waals surface area contributed by atoms with Crippen molar-refractivity contribution in [2.24, 2.45) is 5.92 Å². The van der Waals surface area contributed by atoms with Crippen LogP contribution in [-0.4, -0.2) is 28.6 Å². The second-order valence-electron chi connectivity index (χ2n) is 7.16. The van der Waals surface area contributed by atoms with Gasteiger partial charge in [-0.2, -0.15) is 0 Å². The van der Waals surface area contributed by atoms with Crippen LogP contribution >= 0.6 is 0 Å². The van der Waals surface area contributed by atoms with Gasteiger partial charge in [0.05, 0.1) is 11.2 Å². The lowest BCUT2D eigenvalue weighted by atomic mass is 9.74. The zero-order chi connectivity index (χ0) is 17.3. The quantitative estimate of drug-likeness (QED) is 0.818. The topological polar surface area (TPSA) is 49.8 Å². The van der Waals surface area contributed by atoms with Gasteiger partial charge in [-0.1, -0.05) is 30.9 Å². The Bertz CT molecular complexity index is 790. The molecule has 0 bridgehead atoms. The summed E-state index contributed by atoms with van der Waals surface area (Å²) in [5.74, 6) is 0.413. The summed E-state index contributed by atoms with van der Waals surface area (Å²) in [6, 6.07) is 1.97. The molecule has 4 nitrogen and oxygen atoms in total. The van der Waals surface area contributed by atoms with Gasteiger partial charge in [-0.15, -0.1) is 5.73 Å². The first-order chi connectivity index (χ1) is 12.2. The van der Waals surface area contributed by atoms with Crippen LogP contribution in [-0.2, 0) is 6.42 Å². The average molecular weight is 332 g/mol. The van der Waals surface area contributed by atoms with Crippen molar-refractivity contribution in [3.05, 3.63) is 77.7 Å². The molecule has 2 saturated heterocycles. The molecule has 1 spiro atoms. The lowest BCUT2D eigenvalue weighted by Crippen LogP contribution is -2.55. The van der Waals surface area contributed by atoms with Crippen LogP contribution in [0.2, 0.25) is 0 Å². The first-order valence-corrected chi connectivity index (χ1v) is 8.95. The SMILES string of the molecule is C=C=C1NC2(CCCNC2)[C@@H]2CC(=C)C(Cc3ccncn3)=CC=C12. The minimum atomic E-state index is 0.0608. The van der Waals surface area contributed by atoms with Crippen molar-refractivity contribution < 1.29 is 0 Å². The minimum Gasteiger partial charge on any atom is -0.371 e. The number of rotatable bonds is 2. The van der Waals surface area contributed by atoms with Crippen molar-refractivity contribution in [2.45, 2.75) is 31.2 Å². The molecule has 4 heteroatoms. The zero-order valence-corrected chi connectivity index (χ0v) is 14.5. The molecule has 0 amide bonds. The van der Waals surface area contributed by atoms with Crippen LogP contribution in [0.5, 0.6) is 0 Å². The van der Waals surface area contributed by atoms with Gasteiger partial charge in [0.15, 0.2) is 0 Å². The fraction of sp³-hybridized carbons (Fsp3) is 0.381. The minimum absolute atomic E-state index is 0.0608. The molecule has 25 heavy (non-hydrogen) atoms. The van der Waals surface area contributed by atoms with E-state index >= 15 is 0 Å². The summed E-state index contributed by atoms with van der Waals surface area (Å²) in [7, 11) is 0. The van der Waals surface area contributed by atoms with Gasteiger partial charge in [-0.05, 0) is 43.0 Å². The molecule has 0 radical (unpaired) electrons. The zero-order valence-electron chi connectivity index (χ0n) is 14.5. The maximum absolute atomic E-state index is 4.40. The Balaban J connectivity index is 1.66. The van der Waals surface area contributed by atoms with Crippen molar-refractivity contribution >= 4 is 0 Å². The highest BCUT2D eigenvalue weighted by Crippen LogP contribution is 2.46. The Kier molecular flexibility index (Phi) is 4.16. The monoisotopic (exact) mass is 332 g/mol. The summed E-state index contributed by atoms with van der Waals surface area (Å²) in [6.07, 6.45) is 12.0. The van der Waals surface area contributed by atoms with E-state index in [1.165, 1.54) is 29.6 Å². The number of aromatic nitrogens is 2. The van der Waals surface area contributed by atoms with Crippen LogP contribution in [0.15, 0.2) is 72.0 Å². The van der Waals surface area contributed by atoms with Crippen LogP contribution in [0.4, 0.5) is 0 Å². The van der Waals surface area contributed by atoms with Crippen molar-refractivity contribution in [3.8, 4) is 0 Å². The molecule has 2 N–H and O–H groups in total. The van der Waals surface area contributed by atoms with Crippen LogP contribution < -0.4 is 10.6 Å². The highest BCUT2D eigenvalue weighted by molar-refractivity contribution is 5.50. The molecule has 128 valence electrons. The molecule has 0 aromatic carbocycles. The molecule has 1 aromatic rings. The van der Waals surface area contributed by atoms with Gasteiger partial charge in [-0.25, -0.2) is 9.97 Å². The number of piperidine rings is 1. The molecule has 1 unspecified atom stereocenters. The Labute approximate surface area is 149 Å².